The van der Waals surface area contributed by atoms with E-state index in [-0.39, 0.29) is 5.88 Å². The molecule has 0 bridgehead atoms. The number of rotatable bonds is 11. The summed E-state index contributed by atoms with van der Waals surface area (Å²) in [6, 6.07) is 18.5. The van der Waals surface area contributed by atoms with Crippen molar-refractivity contribution in [3.8, 4) is 11.6 Å². The van der Waals surface area contributed by atoms with Crippen molar-refractivity contribution in [1.29, 1.82) is 0 Å². The standard InChI is InChI=1S/C23H27NO4/c25-22-21(28-23(26)24-22)12-8-3-1-2-5-9-18-13-15-20(16-14-18)27-17-19-10-6-4-7-11-19/h4,6-7,10-11,13-16,25H,1-3,5,8-9,12,17H2,(H,24,26). The minimum atomic E-state index is -0.594. The highest BCUT2D eigenvalue weighted by atomic mass is 16.5. The fourth-order valence-corrected chi connectivity index (χ4v) is 3.16. The number of ether oxygens (including phenoxy) is 1. The number of aromatic nitrogens is 1. The number of unbranched alkanes of at least 4 members (excludes halogenated alkanes) is 4. The van der Waals surface area contributed by atoms with Crippen LogP contribution >= 0.6 is 0 Å². The van der Waals surface area contributed by atoms with Gasteiger partial charge in [-0.15, -0.1) is 0 Å². The molecule has 148 valence electrons. The second kappa shape index (κ2) is 10.4. The van der Waals surface area contributed by atoms with Crippen molar-refractivity contribution < 1.29 is 14.3 Å². The van der Waals surface area contributed by atoms with Gasteiger partial charge in [-0.3, -0.25) is 4.98 Å². The van der Waals surface area contributed by atoms with Crippen LogP contribution in [0.25, 0.3) is 0 Å². The van der Waals surface area contributed by atoms with Crippen LogP contribution in [0, 0.1) is 0 Å². The number of benzene rings is 2. The number of H-pyrrole nitrogens is 1. The molecule has 0 atom stereocenters. The van der Waals surface area contributed by atoms with Gasteiger partial charge in [0.05, 0.1) is 0 Å². The third-order valence-corrected chi connectivity index (χ3v) is 4.74. The normalized spacial score (nSPS) is 10.9. The largest absolute Gasteiger partial charge is 0.492 e. The van der Waals surface area contributed by atoms with E-state index in [4.69, 9.17) is 9.15 Å². The van der Waals surface area contributed by atoms with Crippen molar-refractivity contribution in [1.82, 2.24) is 4.98 Å². The topological polar surface area (TPSA) is 75.5 Å². The van der Waals surface area contributed by atoms with Crippen molar-refractivity contribution in [2.45, 2.75) is 51.6 Å². The van der Waals surface area contributed by atoms with Crippen LogP contribution in [0.1, 0.15) is 49.0 Å². The highest BCUT2D eigenvalue weighted by Crippen LogP contribution is 2.18. The van der Waals surface area contributed by atoms with Crippen molar-refractivity contribution in [2.75, 3.05) is 0 Å². The lowest BCUT2D eigenvalue weighted by atomic mass is 10.0. The summed E-state index contributed by atoms with van der Waals surface area (Å²) in [5, 5.41) is 9.45. The molecule has 0 aliphatic heterocycles. The van der Waals surface area contributed by atoms with Crippen LogP contribution in [0.15, 0.2) is 63.8 Å². The molecule has 3 aromatic rings. The highest BCUT2D eigenvalue weighted by Gasteiger charge is 2.07. The fraction of sp³-hybridized carbons (Fsp3) is 0.348. The molecule has 0 aliphatic rings. The smallest absolute Gasteiger partial charge is 0.419 e. The summed E-state index contributed by atoms with van der Waals surface area (Å²) in [5.74, 6) is 0.525. The molecule has 2 aromatic carbocycles. The van der Waals surface area contributed by atoms with Gasteiger partial charge in [0.25, 0.3) is 0 Å². The van der Waals surface area contributed by atoms with Crippen LogP contribution in [0.4, 0.5) is 0 Å². The van der Waals surface area contributed by atoms with E-state index in [1.807, 2.05) is 30.3 Å². The molecule has 5 nitrogen and oxygen atoms in total. The molecule has 1 aromatic heterocycles. The maximum Gasteiger partial charge on any atom is 0.419 e. The zero-order valence-corrected chi connectivity index (χ0v) is 16.0. The molecule has 1 heterocycles. The van der Waals surface area contributed by atoms with Gasteiger partial charge >= 0.3 is 5.76 Å². The van der Waals surface area contributed by atoms with Crippen LogP contribution in [-0.2, 0) is 19.4 Å². The second-order valence-electron chi connectivity index (χ2n) is 6.97. The minimum absolute atomic E-state index is 0.138. The number of hydrogen-bond donors (Lipinski definition) is 2. The van der Waals surface area contributed by atoms with Crippen molar-refractivity contribution >= 4 is 0 Å². The van der Waals surface area contributed by atoms with Gasteiger partial charge in [0.15, 0.2) is 5.76 Å². The lowest BCUT2D eigenvalue weighted by Crippen LogP contribution is -1.95. The van der Waals surface area contributed by atoms with E-state index >= 15 is 0 Å². The quantitative estimate of drug-likeness (QED) is 0.459. The van der Waals surface area contributed by atoms with Crippen LogP contribution in [0.2, 0.25) is 0 Å². The lowest BCUT2D eigenvalue weighted by Gasteiger charge is -2.07. The SMILES string of the molecule is O=c1[nH]c(O)c(CCCCCCCc2ccc(OCc3ccccc3)cc2)o1. The molecule has 0 amide bonds. The summed E-state index contributed by atoms with van der Waals surface area (Å²) >= 11 is 0. The van der Waals surface area contributed by atoms with E-state index < -0.39 is 5.76 Å². The number of aryl methyl sites for hydroxylation is 2. The third kappa shape index (κ3) is 6.34. The van der Waals surface area contributed by atoms with E-state index in [2.05, 4.69) is 29.2 Å². The van der Waals surface area contributed by atoms with Gasteiger partial charge < -0.3 is 14.3 Å². The molecular formula is C23H27NO4. The van der Waals surface area contributed by atoms with Gasteiger partial charge in [-0.2, -0.15) is 0 Å². The Morgan fingerprint density at radius 3 is 2.18 bits per heavy atom. The van der Waals surface area contributed by atoms with Crippen molar-refractivity contribution in [3.63, 3.8) is 0 Å². The Hall–Kier alpha value is -2.95. The second-order valence-corrected chi connectivity index (χ2v) is 6.97. The Balaban J connectivity index is 1.27. The van der Waals surface area contributed by atoms with E-state index in [1.54, 1.807) is 0 Å². The molecule has 0 saturated heterocycles. The summed E-state index contributed by atoms with van der Waals surface area (Å²) < 4.78 is 10.7. The zero-order valence-electron chi connectivity index (χ0n) is 16.0. The first-order valence-electron chi connectivity index (χ1n) is 9.87. The molecule has 0 spiro atoms. The first-order valence-corrected chi connectivity index (χ1v) is 9.87. The first-order chi connectivity index (χ1) is 13.7. The van der Waals surface area contributed by atoms with E-state index in [9.17, 15) is 9.90 Å². The Morgan fingerprint density at radius 2 is 1.50 bits per heavy atom. The molecule has 0 radical (unpaired) electrons. The average molecular weight is 381 g/mol. The number of nitrogens with one attached hydrogen (secondary N) is 1. The van der Waals surface area contributed by atoms with Crippen LogP contribution in [-0.4, -0.2) is 10.1 Å². The Labute approximate surface area is 165 Å². The Kier molecular flexibility index (Phi) is 7.36. The summed E-state index contributed by atoms with van der Waals surface area (Å²) in [6.45, 7) is 0.587. The van der Waals surface area contributed by atoms with Gasteiger partial charge in [0.2, 0.25) is 5.88 Å². The molecule has 3 rings (SSSR count). The van der Waals surface area contributed by atoms with Crippen LogP contribution in [0.3, 0.4) is 0 Å². The van der Waals surface area contributed by atoms with Gasteiger partial charge in [-0.05, 0) is 42.5 Å². The van der Waals surface area contributed by atoms with Gasteiger partial charge in [0.1, 0.15) is 12.4 Å². The van der Waals surface area contributed by atoms with E-state index in [0.29, 0.717) is 18.8 Å². The molecule has 0 unspecified atom stereocenters. The van der Waals surface area contributed by atoms with Gasteiger partial charge in [-0.1, -0.05) is 61.7 Å². The average Bonchev–Trinajstić information content (AvgIpc) is 3.04. The summed E-state index contributed by atoms with van der Waals surface area (Å²) in [6.07, 6.45) is 7.06. The maximum absolute atomic E-state index is 11.0. The predicted octanol–water partition coefficient (Wildman–Crippen LogP) is 4.99. The summed E-state index contributed by atoms with van der Waals surface area (Å²) in [4.78, 5) is 13.2. The predicted molar refractivity (Wildman–Crippen MR) is 109 cm³/mol. The molecule has 2 N–H and O–H groups in total. The number of hydrogen-bond acceptors (Lipinski definition) is 4. The molecule has 28 heavy (non-hydrogen) atoms. The van der Waals surface area contributed by atoms with Gasteiger partial charge in [-0.25, -0.2) is 4.79 Å². The number of oxazole rings is 1. The Bertz CT molecular complexity index is 881. The maximum atomic E-state index is 11.0. The fourth-order valence-electron chi connectivity index (χ4n) is 3.16. The third-order valence-electron chi connectivity index (χ3n) is 4.74. The molecule has 0 aliphatic carbocycles. The first kappa shape index (κ1) is 19.8. The van der Waals surface area contributed by atoms with Gasteiger partial charge in [0, 0.05) is 6.42 Å². The van der Waals surface area contributed by atoms with E-state index in [1.165, 1.54) is 11.1 Å². The Morgan fingerprint density at radius 1 is 0.821 bits per heavy atom. The summed E-state index contributed by atoms with van der Waals surface area (Å²) in [5.41, 5.74) is 2.49. The zero-order chi connectivity index (χ0) is 19.6. The van der Waals surface area contributed by atoms with Crippen molar-refractivity contribution in [2.24, 2.45) is 0 Å². The van der Waals surface area contributed by atoms with Crippen LogP contribution < -0.4 is 10.5 Å². The minimum Gasteiger partial charge on any atom is -0.492 e. The summed E-state index contributed by atoms with van der Waals surface area (Å²) in [7, 11) is 0. The van der Waals surface area contributed by atoms with E-state index in [0.717, 1.165) is 44.3 Å². The molecular weight excluding hydrogens is 354 g/mol. The number of aromatic amines is 1. The number of aromatic hydroxyl groups is 1. The van der Waals surface area contributed by atoms with Crippen molar-refractivity contribution in [3.05, 3.63) is 82.0 Å². The lowest BCUT2D eigenvalue weighted by molar-refractivity contribution is 0.306. The molecule has 0 saturated carbocycles. The monoisotopic (exact) mass is 381 g/mol. The van der Waals surface area contributed by atoms with Crippen LogP contribution in [0.5, 0.6) is 11.6 Å². The molecule has 5 heteroatoms. The highest BCUT2D eigenvalue weighted by molar-refractivity contribution is 5.28. The molecule has 0 fully saturated rings.